The van der Waals surface area contributed by atoms with E-state index in [4.69, 9.17) is 0 Å². The maximum Gasteiger partial charge on any atom is 0.0400 e. The van der Waals surface area contributed by atoms with Crippen molar-refractivity contribution in [3.8, 4) is 0 Å². The second kappa shape index (κ2) is 4.09. The normalized spacial score (nSPS) is 21.3. The van der Waals surface area contributed by atoms with Gasteiger partial charge in [0.25, 0.3) is 0 Å². The molecule has 1 aliphatic carbocycles. The van der Waals surface area contributed by atoms with Crippen molar-refractivity contribution in [1.29, 1.82) is 0 Å². The van der Waals surface area contributed by atoms with Gasteiger partial charge in [-0.25, -0.2) is 0 Å². The molecule has 0 fully saturated rings. The lowest BCUT2D eigenvalue weighted by atomic mass is 9.98. The zero-order valence-corrected chi connectivity index (χ0v) is 9.44. The SMILES string of the molecule is I[C@@H]1CC=CC=C1c1ccccc1. The van der Waals surface area contributed by atoms with Gasteiger partial charge in [0.15, 0.2) is 0 Å². The molecular formula is C12H11I. The Balaban J connectivity index is 2.35. The summed E-state index contributed by atoms with van der Waals surface area (Å²) in [5.74, 6) is 0. The molecule has 0 N–H and O–H groups in total. The second-order valence-corrected chi connectivity index (χ2v) is 4.62. The highest BCUT2D eigenvalue weighted by atomic mass is 127. The van der Waals surface area contributed by atoms with Crippen LogP contribution in [0, 0.1) is 0 Å². The minimum atomic E-state index is 0.630. The molecule has 1 aromatic rings. The molecule has 2 rings (SSSR count). The number of rotatable bonds is 1. The van der Waals surface area contributed by atoms with E-state index in [9.17, 15) is 0 Å². The van der Waals surface area contributed by atoms with Crippen molar-refractivity contribution in [2.24, 2.45) is 0 Å². The highest BCUT2D eigenvalue weighted by molar-refractivity contribution is 14.1. The zero-order chi connectivity index (χ0) is 9.10. The van der Waals surface area contributed by atoms with Crippen LogP contribution in [0.25, 0.3) is 5.57 Å². The Bertz CT molecular complexity index is 335. The first kappa shape index (κ1) is 9.00. The van der Waals surface area contributed by atoms with Gasteiger partial charge < -0.3 is 0 Å². The van der Waals surface area contributed by atoms with Gasteiger partial charge >= 0.3 is 0 Å². The lowest BCUT2D eigenvalue weighted by Gasteiger charge is -2.15. The summed E-state index contributed by atoms with van der Waals surface area (Å²) in [4.78, 5) is 0. The molecule has 0 radical (unpaired) electrons. The highest BCUT2D eigenvalue weighted by Gasteiger charge is 2.12. The van der Waals surface area contributed by atoms with Crippen LogP contribution in [0.15, 0.2) is 48.6 Å². The molecule has 0 saturated carbocycles. The van der Waals surface area contributed by atoms with Crippen LogP contribution in [0.3, 0.4) is 0 Å². The van der Waals surface area contributed by atoms with E-state index in [0.29, 0.717) is 3.92 Å². The molecule has 1 aromatic carbocycles. The molecule has 0 nitrogen and oxygen atoms in total. The first-order valence-electron chi connectivity index (χ1n) is 4.44. The quantitative estimate of drug-likeness (QED) is 0.542. The van der Waals surface area contributed by atoms with Crippen LogP contribution < -0.4 is 0 Å². The third-order valence-corrected chi connectivity index (χ3v) is 3.38. The molecule has 0 saturated heterocycles. The number of hydrogen-bond donors (Lipinski definition) is 0. The molecule has 0 unspecified atom stereocenters. The lowest BCUT2D eigenvalue weighted by molar-refractivity contribution is 1.11. The van der Waals surface area contributed by atoms with E-state index in [0.717, 1.165) is 6.42 Å². The topological polar surface area (TPSA) is 0 Å². The summed E-state index contributed by atoms with van der Waals surface area (Å²) in [6.07, 6.45) is 7.75. The fourth-order valence-electron chi connectivity index (χ4n) is 1.51. The van der Waals surface area contributed by atoms with Crippen LogP contribution >= 0.6 is 22.6 Å². The summed E-state index contributed by atoms with van der Waals surface area (Å²) in [6.45, 7) is 0. The van der Waals surface area contributed by atoms with Crippen molar-refractivity contribution in [2.45, 2.75) is 10.3 Å². The molecule has 66 valence electrons. The van der Waals surface area contributed by atoms with E-state index in [-0.39, 0.29) is 0 Å². The summed E-state index contributed by atoms with van der Waals surface area (Å²) in [5.41, 5.74) is 2.80. The summed E-state index contributed by atoms with van der Waals surface area (Å²) in [5, 5.41) is 0. The Morgan fingerprint density at radius 1 is 1.15 bits per heavy atom. The molecule has 0 aliphatic heterocycles. The number of hydrogen-bond acceptors (Lipinski definition) is 0. The van der Waals surface area contributed by atoms with E-state index in [2.05, 4.69) is 71.2 Å². The Morgan fingerprint density at radius 2 is 1.92 bits per heavy atom. The van der Waals surface area contributed by atoms with Crippen molar-refractivity contribution in [3.05, 3.63) is 54.1 Å². The molecule has 1 atom stereocenters. The van der Waals surface area contributed by atoms with Gasteiger partial charge in [0.2, 0.25) is 0 Å². The van der Waals surface area contributed by atoms with Crippen molar-refractivity contribution in [1.82, 2.24) is 0 Å². The van der Waals surface area contributed by atoms with Crippen LogP contribution in [-0.2, 0) is 0 Å². The number of benzene rings is 1. The molecule has 0 amide bonds. The predicted molar refractivity (Wildman–Crippen MR) is 66.0 cm³/mol. The Labute approximate surface area is 92.5 Å². The van der Waals surface area contributed by atoms with Gasteiger partial charge in [0.05, 0.1) is 0 Å². The maximum absolute atomic E-state index is 2.50. The number of halogens is 1. The van der Waals surface area contributed by atoms with Crippen molar-refractivity contribution in [2.75, 3.05) is 0 Å². The second-order valence-electron chi connectivity index (χ2n) is 3.12. The first-order chi connectivity index (χ1) is 6.38. The van der Waals surface area contributed by atoms with E-state index in [1.54, 1.807) is 0 Å². The van der Waals surface area contributed by atoms with Gasteiger partial charge in [-0.3, -0.25) is 0 Å². The molecule has 0 bridgehead atoms. The molecular weight excluding hydrogens is 271 g/mol. The van der Waals surface area contributed by atoms with Crippen LogP contribution in [-0.4, -0.2) is 3.92 Å². The van der Waals surface area contributed by atoms with Crippen LogP contribution in [0.4, 0.5) is 0 Å². The first-order valence-corrected chi connectivity index (χ1v) is 5.69. The van der Waals surface area contributed by atoms with Gasteiger partial charge in [0, 0.05) is 3.92 Å². The largest absolute Gasteiger partial charge is 0.0831 e. The predicted octanol–water partition coefficient (Wildman–Crippen LogP) is 3.83. The van der Waals surface area contributed by atoms with Crippen molar-refractivity contribution in [3.63, 3.8) is 0 Å². The lowest BCUT2D eigenvalue weighted by Crippen LogP contribution is -2.02. The average Bonchev–Trinajstić information content (AvgIpc) is 2.20. The van der Waals surface area contributed by atoms with E-state index >= 15 is 0 Å². The van der Waals surface area contributed by atoms with E-state index < -0.39 is 0 Å². The minimum Gasteiger partial charge on any atom is -0.0831 e. The number of allylic oxidation sites excluding steroid dienone is 4. The van der Waals surface area contributed by atoms with Crippen molar-refractivity contribution >= 4 is 28.2 Å². The molecule has 1 aliphatic rings. The van der Waals surface area contributed by atoms with E-state index in [1.165, 1.54) is 11.1 Å². The third kappa shape index (κ3) is 2.02. The smallest absolute Gasteiger partial charge is 0.0400 e. The molecule has 0 heterocycles. The van der Waals surface area contributed by atoms with Crippen LogP contribution in [0.1, 0.15) is 12.0 Å². The minimum absolute atomic E-state index is 0.630. The summed E-state index contributed by atoms with van der Waals surface area (Å²) in [6, 6.07) is 10.6. The van der Waals surface area contributed by atoms with Gasteiger partial charge in [-0.15, -0.1) is 0 Å². The standard InChI is InChI=1S/C12H11I/c13-12-9-5-4-8-11(12)10-6-2-1-3-7-10/h1-8,12H,9H2/t12-/m1/s1. The van der Waals surface area contributed by atoms with Gasteiger partial charge in [-0.1, -0.05) is 71.2 Å². The molecule has 1 heteroatoms. The van der Waals surface area contributed by atoms with Crippen LogP contribution in [0.2, 0.25) is 0 Å². The van der Waals surface area contributed by atoms with Crippen molar-refractivity contribution < 1.29 is 0 Å². The third-order valence-electron chi connectivity index (χ3n) is 2.20. The Hall–Kier alpha value is -0.570. The average molecular weight is 282 g/mol. The monoisotopic (exact) mass is 282 g/mol. The summed E-state index contributed by atoms with van der Waals surface area (Å²) in [7, 11) is 0. The molecule has 13 heavy (non-hydrogen) atoms. The van der Waals surface area contributed by atoms with E-state index in [1.807, 2.05) is 0 Å². The van der Waals surface area contributed by atoms with Gasteiger partial charge in [0.1, 0.15) is 0 Å². The molecule has 0 aromatic heterocycles. The number of alkyl halides is 1. The van der Waals surface area contributed by atoms with Gasteiger partial charge in [-0.2, -0.15) is 0 Å². The molecule has 0 spiro atoms. The fourth-order valence-corrected chi connectivity index (χ4v) is 2.37. The fraction of sp³-hybridized carbons (Fsp3) is 0.167. The zero-order valence-electron chi connectivity index (χ0n) is 7.28. The maximum atomic E-state index is 2.50. The Morgan fingerprint density at radius 3 is 2.62 bits per heavy atom. The summed E-state index contributed by atoms with van der Waals surface area (Å²) < 4.78 is 0.630. The Kier molecular flexibility index (Phi) is 2.83. The van der Waals surface area contributed by atoms with Crippen LogP contribution in [0.5, 0.6) is 0 Å². The van der Waals surface area contributed by atoms with Gasteiger partial charge in [-0.05, 0) is 17.6 Å². The highest BCUT2D eigenvalue weighted by Crippen LogP contribution is 2.29. The summed E-state index contributed by atoms with van der Waals surface area (Å²) >= 11 is 2.50.